The minimum atomic E-state index is 0.674. The highest BCUT2D eigenvalue weighted by atomic mass is 14.5. The van der Waals surface area contributed by atoms with Gasteiger partial charge in [-0.05, 0) is 62.2 Å². The summed E-state index contributed by atoms with van der Waals surface area (Å²) in [7, 11) is 0. The molecule has 86 valence electrons. The van der Waals surface area contributed by atoms with Crippen molar-refractivity contribution in [3.05, 3.63) is 11.6 Å². The summed E-state index contributed by atoms with van der Waals surface area (Å²) < 4.78 is 0. The maximum Gasteiger partial charge on any atom is -0.0203 e. The molecule has 0 heterocycles. The number of rotatable bonds is 1. The fourth-order valence-electron chi connectivity index (χ4n) is 4.15. The summed E-state index contributed by atoms with van der Waals surface area (Å²) in [6.45, 7) is 9.65. The van der Waals surface area contributed by atoms with Crippen molar-refractivity contribution < 1.29 is 0 Å². The standard InChI is InChI=1S/C15H26/c1-11(2)14-6-5-13(4)15(14)9-7-12(3)8-10-15/h7,11,13-14H,5-6,8-10H2,1-4H3. The van der Waals surface area contributed by atoms with Gasteiger partial charge in [-0.3, -0.25) is 0 Å². The zero-order valence-electron chi connectivity index (χ0n) is 10.8. The number of hydrogen-bond donors (Lipinski definition) is 0. The molecule has 2 aliphatic carbocycles. The van der Waals surface area contributed by atoms with Gasteiger partial charge in [0.1, 0.15) is 0 Å². The molecule has 3 unspecified atom stereocenters. The van der Waals surface area contributed by atoms with Crippen LogP contribution in [0.3, 0.4) is 0 Å². The Balaban J connectivity index is 2.23. The average molecular weight is 206 g/mol. The molecule has 0 saturated heterocycles. The predicted octanol–water partition coefficient (Wildman–Crippen LogP) is 4.81. The van der Waals surface area contributed by atoms with Gasteiger partial charge in [-0.15, -0.1) is 0 Å². The molecule has 0 aromatic heterocycles. The van der Waals surface area contributed by atoms with E-state index in [4.69, 9.17) is 0 Å². The van der Waals surface area contributed by atoms with Crippen LogP contribution in [-0.4, -0.2) is 0 Å². The molecule has 0 heteroatoms. The van der Waals surface area contributed by atoms with Crippen molar-refractivity contribution in [2.75, 3.05) is 0 Å². The molecule has 15 heavy (non-hydrogen) atoms. The number of allylic oxidation sites excluding steroid dienone is 2. The van der Waals surface area contributed by atoms with E-state index in [-0.39, 0.29) is 0 Å². The van der Waals surface area contributed by atoms with Crippen LogP contribution >= 0.6 is 0 Å². The molecule has 0 radical (unpaired) electrons. The van der Waals surface area contributed by atoms with Gasteiger partial charge in [-0.25, -0.2) is 0 Å². The van der Waals surface area contributed by atoms with Gasteiger partial charge in [-0.1, -0.05) is 32.4 Å². The minimum Gasteiger partial charge on any atom is -0.0850 e. The van der Waals surface area contributed by atoms with Crippen molar-refractivity contribution in [1.29, 1.82) is 0 Å². The Hall–Kier alpha value is -0.260. The average Bonchev–Trinajstić information content (AvgIpc) is 2.50. The van der Waals surface area contributed by atoms with Crippen molar-refractivity contribution >= 4 is 0 Å². The van der Waals surface area contributed by atoms with Crippen LogP contribution in [0.15, 0.2) is 11.6 Å². The second-order valence-electron chi connectivity index (χ2n) is 6.32. The first-order valence-electron chi connectivity index (χ1n) is 6.72. The Labute approximate surface area is 95.1 Å². The lowest BCUT2D eigenvalue weighted by atomic mass is 9.62. The van der Waals surface area contributed by atoms with E-state index < -0.39 is 0 Å². The first-order valence-corrected chi connectivity index (χ1v) is 6.72. The molecule has 1 saturated carbocycles. The second-order valence-corrected chi connectivity index (χ2v) is 6.32. The molecule has 0 N–H and O–H groups in total. The first kappa shape index (κ1) is 11.2. The zero-order chi connectivity index (χ0) is 11.1. The summed E-state index contributed by atoms with van der Waals surface area (Å²) in [5.41, 5.74) is 2.30. The molecular formula is C15H26. The highest BCUT2D eigenvalue weighted by Crippen LogP contribution is 2.57. The third-order valence-corrected chi connectivity index (χ3v) is 5.25. The fraction of sp³-hybridized carbons (Fsp3) is 0.867. The van der Waals surface area contributed by atoms with Crippen molar-refractivity contribution in [2.24, 2.45) is 23.2 Å². The molecule has 0 aliphatic heterocycles. The summed E-state index contributed by atoms with van der Waals surface area (Å²) in [4.78, 5) is 0. The highest BCUT2D eigenvalue weighted by Gasteiger charge is 2.48. The Morgan fingerprint density at radius 1 is 1.33 bits per heavy atom. The van der Waals surface area contributed by atoms with E-state index in [9.17, 15) is 0 Å². The van der Waals surface area contributed by atoms with E-state index >= 15 is 0 Å². The van der Waals surface area contributed by atoms with Gasteiger partial charge in [-0.2, -0.15) is 0 Å². The summed E-state index contributed by atoms with van der Waals surface area (Å²) in [6.07, 6.45) is 9.65. The molecule has 0 aromatic rings. The molecule has 0 nitrogen and oxygen atoms in total. The van der Waals surface area contributed by atoms with Gasteiger partial charge in [0.15, 0.2) is 0 Å². The topological polar surface area (TPSA) is 0 Å². The van der Waals surface area contributed by atoms with E-state index in [0.717, 1.165) is 17.8 Å². The van der Waals surface area contributed by atoms with E-state index in [1.54, 1.807) is 5.57 Å². The van der Waals surface area contributed by atoms with Crippen LogP contribution < -0.4 is 0 Å². The van der Waals surface area contributed by atoms with Crippen molar-refractivity contribution in [3.63, 3.8) is 0 Å². The summed E-state index contributed by atoms with van der Waals surface area (Å²) in [6, 6.07) is 0. The minimum absolute atomic E-state index is 0.674. The molecular weight excluding hydrogens is 180 g/mol. The lowest BCUT2D eigenvalue weighted by molar-refractivity contribution is 0.0904. The van der Waals surface area contributed by atoms with Gasteiger partial charge in [0.05, 0.1) is 0 Å². The monoisotopic (exact) mass is 206 g/mol. The molecule has 0 aromatic carbocycles. The zero-order valence-corrected chi connectivity index (χ0v) is 10.8. The smallest absolute Gasteiger partial charge is 0.0203 e. The van der Waals surface area contributed by atoms with E-state index in [0.29, 0.717) is 5.41 Å². The summed E-state index contributed by atoms with van der Waals surface area (Å²) in [5.74, 6) is 2.81. The predicted molar refractivity (Wildman–Crippen MR) is 66.8 cm³/mol. The van der Waals surface area contributed by atoms with Crippen molar-refractivity contribution in [3.8, 4) is 0 Å². The molecule has 2 aliphatic rings. The lowest BCUT2D eigenvalue weighted by Gasteiger charge is -2.43. The van der Waals surface area contributed by atoms with Crippen molar-refractivity contribution in [2.45, 2.75) is 59.8 Å². The molecule has 0 amide bonds. The van der Waals surface area contributed by atoms with Crippen LogP contribution in [0, 0.1) is 23.2 Å². The highest BCUT2D eigenvalue weighted by molar-refractivity contribution is 5.11. The number of hydrogen-bond acceptors (Lipinski definition) is 0. The van der Waals surface area contributed by atoms with Gasteiger partial charge < -0.3 is 0 Å². The van der Waals surface area contributed by atoms with Crippen LogP contribution in [0.5, 0.6) is 0 Å². The fourth-order valence-corrected chi connectivity index (χ4v) is 4.15. The van der Waals surface area contributed by atoms with Crippen molar-refractivity contribution in [1.82, 2.24) is 0 Å². The maximum atomic E-state index is 2.53. The Morgan fingerprint density at radius 3 is 2.60 bits per heavy atom. The van der Waals surface area contributed by atoms with E-state index in [2.05, 4.69) is 33.8 Å². The Bertz CT molecular complexity index is 261. The first-order chi connectivity index (χ1) is 7.06. The second kappa shape index (κ2) is 3.96. The molecule has 0 bridgehead atoms. The SMILES string of the molecule is CC1=CCC2(CC1)C(C)CCC2C(C)C. The van der Waals surface area contributed by atoms with E-state index in [1.165, 1.54) is 32.1 Å². The summed E-state index contributed by atoms with van der Waals surface area (Å²) in [5, 5.41) is 0. The molecule has 3 atom stereocenters. The van der Waals surface area contributed by atoms with Crippen LogP contribution in [0.4, 0.5) is 0 Å². The maximum absolute atomic E-state index is 2.53. The summed E-state index contributed by atoms with van der Waals surface area (Å²) >= 11 is 0. The van der Waals surface area contributed by atoms with Crippen LogP contribution in [0.1, 0.15) is 59.8 Å². The van der Waals surface area contributed by atoms with E-state index in [1.807, 2.05) is 0 Å². The molecule has 1 spiro atoms. The Morgan fingerprint density at radius 2 is 2.07 bits per heavy atom. The lowest BCUT2D eigenvalue weighted by Crippen LogP contribution is -2.35. The quantitative estimate of drug-likeness (QED) is 0.540. The Kier molecular flexibility index (Phi) is 2.96. The van der Waals surface area contributed by atoms with Gasteiger partial charge >= 0.3 is 0 Å². The third kappa shape index (κ3) is 1.77. The van der Waals surface area contributed by atoms with Gasteiger partial charge in [0.2, 0.25) is 0 Å². The van der Waals surface area contributed by atoms with Gasteiger partial charge in [0.25, 0.3) is 0 Å². The molecule has 1 fully saturated rings. The normalized spacial score (nSPS) is 41.3. The van der Waals surface area contributed by atoms with Crippen LogP contribution in [-0.2, 0) is 0 Å². The largest absolute Gasteiger partial charge is 0.0850 e. The van der Waals surface area contributed by atoms with Crippen LogP contribution in [0.2, 0.25) is 0 Å². The van der Waals surface area contributed by atoms with Gasteiger partial charge in [0, 0.05) is 0 Å². The molecule has 2 rings (SSSR count). The third-order valence-electron chi connectivity index (χ3n) is 5.25. The van der Waals surface area contributed by atoms with Crippen LogP contribution in [0.25, 0.3) is 0 Å².